The number of aryl methyl sites for hydroxylation is 2. The number of carbonyl (C=O) groups is 2. The van der Waals surface area contributed by atoms with Crippen LogP contribution >= 0.6 is 11.8 Å². The van der Waals surface area contributed by atoms with E-state index in [1.807, 2.05) is 26.0 Å². The first-order valence-electron chi connectivity index (χ1n) is 9.03. The molecule has 2 heterocycles. The van der Waals surface area contributed by atoms with E-state index < -0.39 is 10.8 Å². The Morgan fingerprint density at radius 1 is 1.03 bits per heavy atom. The Labute approximate surface area is 176 Å². The fraction of sp³-hybridized carbons (Fsp3) is 0.0909. The van der Waals surface area contributed by atoms with Crippen molar-refractivity contribution in [3.05, 3.63) is 86.5 Å². The second-order valence-electron chi connectivity index (χ2n) is 6.81. The third-order valence-corrected chi connectivity index (χ3v) is 5.52. The zero-order valence-corrected chi connectivity index (χ0v) is 16.9. The van der Waals surface area contributed by atoms with Gasteiger partial charge in [0, 0.05) is 23.8 Å². The molecule has 4 rings (SSSR count). The molecule has 3 aromatic rings. The smallest absolute Gasteiger partial charge is 0.298 e. The molecule has 2 aromatic carbocycles. The molecule has 7 nitrogen and oxygen atoms in total. The number of thioether (sulfide) groups is 1. The number of nitro benzene ring substituents is 1. The Balaban J connectivity index is 1.59. The summed E-state index contributed by atoms with van der Waals surface area (Å²) in [7, 11) is 0. The normalized spacial score (nSPS) is 15.3. The zero-order valence-electron chi connectivity index (χ0n) is 16.1. The molecule has 1 aromatic heterocycles. The molecule has 1 aliphatic rings. The molecular weight excluding hydrogens is 404 g/mol. The molecule has 0 unspecified atom stereocenters. The number of non-ortho nitro benzene ring substituents is 1. The van der Waals surface area contributed by atoms with Crippen molar-refractivity contribution in [1.29, 1.82) is 0 Å². The molecule has 1 aliphatic heterocycles. The van der Waals surface area contributed by atoms with Gasteiger partial charge in [-0.15, -0.1) is 0 Å². The van der Waals surface area contributed by atoms with Crippen LogP contribution in [0.4, 0.5) is 16.2 Å². The first-order valence-corrected chi connectivity index (χ1v) is 9.85. The summed E-state index contributed by atoms with van der Waals surface area (Å²) in [5.74, 6) is 0.518. The molecule has 150 valence electrons. The average Bonchev–Trinajstić information content (AvgIpc) is 3.28. The number of rotatable bonds is 4. The summed E-state index contributed by atoms with van der Waals surface area (Å²) in [6, 6.07) is 14.9. The van der Waals surface area contributed by atoms with Crippen LogP contribution in [0.25, 0.3) is 17.4 Å². The molecule has 0 bridgehead atoms. The average molecular weight is 420 g/mol. The summed E-state index contributed by atoms with van der Waals surface area (Å²) >= 11 is 0.858. The monoisotopic (exact) mass is 420 g/mol. The van der Waals surface area contributed by atoms with Gasteiger partial charge in [0.05, 0.1) is 15.5 Å². The molecule has 1 saturated heterocycles. The van der Waals surface area contributed by atoms with Crippen molar-refractivity contribution in [2.45, 2.75) is 13.8 Å². The summed E-state index contributed by atoms with van der Waals surface area (Å²) in [6.07, 6.45) is 1.53. The molecule has 0 spiro atoms. The van der Waals surface area contributed by atoms with Crippen molar-refractivity contribution in [2.24, 2.45) is 0 Å². The predicted molar refractivity (Wildman–Crippen MR) is 115 cm³/mol. The Bertz CT molecular complexity index is 1210. The number of anilines is 1. The number of hydrogen-bond acceptors (Lipinski definition) is 6. The van der Waals surface area contributed by atoms with E-state index >= 15 is 0 Å². The van der Waals surface area contributed by atoms with Crippen LogP contribution in [-0.4, -0.2) is 16.1 Å². The van der Waals surface area contributed by atoms with Crippen molar-refractivity contribution in [3.63, 3.8) is 0 Å². The van der Waals surface area contributed by atoms with E-state index in [9.17, 15) is 19.7 Å². The fourth-order valence-corrected chi connectivity index (χ4v) is 4.01. The lowest BCUT2D eigenvalue weighted by Gasteiger charge is -2.15. The zero-order chi connectivity index (χ0) is 21.4. The maximum absolute atomic E-state index is 12.8. The van der Waals surface area contributed by atoms with Crippen molar-refractivity contribution in [1.82, 2.24) is 0 Å². The number of benzene rings is 2. The van der Waals surface area contributed by atoms with Gasteiger partial charge >= 0.3 is 0 Å². The molecule has 1 fully saturated rings. The van der Waals surface area contributed by atoms with Crippen LogP contribution in [0.15, 0.2) is 63.9 Å². The molecule has 0 saturated carbocycles. The predicted octanol–water partition coefficient (Wildman–Crippen LogP) is 5.71. The van der Waals surface area contributed by atoms with Crippen molar-refractivity contribution < 1.29 is 18.9 Å². The lowest BCUT2D eigenvalue weighted by Crippen LogP contribution is -2.28. The Morgan fingerprint density at radius 2 is 1.77 bits per heavy atom. The molecule has 0 N–H and O–H groups in total. The van der Waals surface area contributed by atoms with Crippen LogP contribution in [0.2, 0.25) is 0 Å². The number of furan rings is 1. The highest BCUT2D eigenvalue weighted by Gasteiger charge is 2.37. The fourth-order valence-electron chi connectivity index (χ4n) is 3.19. The van der Waals surface area contributed by atoms with Crippen LogP contribution < -0.4 is 4.90 Å². The van der Waals surface area contributed by atoms with Gasteiger partial charge in [-0.05, 0) is 61.5 Å². The highest BCUT2D eigenvalue weighted by Crippen LogP contribution is 2.37. The molecule has 0 atom stereocenters. The number of carbonyl (C=O) groups excluding carboxylic acids is 2. The van der Waals surface area contributed by atoms with Crippen LogP contribution in [0, 0.1) is 24.0 Å². The van der Waals surface area contributed by atoms with Gasteiger partial charge in [-0.3, -0.25) is 19.7 Å². The van der Waals surface area contributed by atoms with Crippen molar-refractivity contribution in [2.75, 3.05) is 4.90 Å². The molecule has 8 heteroatoms. The van der Waals surface area contributed by atoms with E-state index in [1.165, 1.54) is 23.1 Å². The van der Waals surface area contributed by atoms with Gasteiger partial charge in [0.15, 0.2) is 0 Å². The van der Waals surface area contributed by atoms with Crippen LogP contribution in [0.1, 0.15) is 16.9 Å². The van der Waals surface area contributed by atoms with Gasteiger partial charge < -0.3 is 4.42 Å². The quantitative estimate of drug-likeness (QED) is 0.305. The summed E-state index contributed by atoms with van der Waals surface area (Å²) in [5, 5.41) is 10.4. The van der Waals surface area contributed by atoms with E-state index in [4.69, 9.17) is 4.42 Å². The minimum absolute atomic E-state index is 0.00870. The molecular formula is C22H16N2O5S. The summed E-state index contributed by atoms with van der Waals surface area (Å²) in [6.45, 7) is 3.81. The van der Waals surface area contributed by atoms with Gasteiger partial charge in [0.25, 0.3) is 16.8 Å². The molecule has 0 radical (unpaired) electrons. The van der Waals surface area contributed by atoms with E-state index in [0.717, 1.165) is 22.9 Å². The van der Waals surface area contributed by atoms with Crippen LogP contribution in [-0.2, 0) is 4.79 Å². The van der Waals surface area contributed by atoms with Gasteiger partial charge in [0.2, 0.25) is 0 Å². The van der Waals surface area contributed by atoms with E-state index in [-0.39, 0.29) is 15.8 Å². The van der Waals surface area contributed by atoms with Crippen molar-refractivity contribution >= 4 is 40.4 Å². The van der Waals surface area contributed by atoms with E-state index in [0.29, 0.717) is 22.8 Å². The van der Waals surface area contributed by atoms with Crippen LogP contribution in [0.3, 0.4) is 0 Å². The lowest BCUT2D eigenvalue weighted by molar-refractivity contribution is -0.384. The lowest BCUT2D eigenvalue weighted by atomic mass is 10.1. The second-order valence-corrected chi connectivity index (χ2v) is 7.81. The maximum Gasteiger partial charge on any atom is 0.298 e. The largest absolute Gasteiger partial charge is 0.457 e. The third-order valence-electron chi connectivity index (χ3n) is 4.65. The van der Waals surface area contributed by atoms with Crippen LogP contribution in [0.5, 0.6) is 0 Å². The number of amides is 2. The standard InChI is InChI=1S/C22H16N2O5S/c1-13-3-9-18(14(2)11-13)23-21(25)20(30-22(23)26)12-17-8-10-19(29-17)15-4-6-16(7-5-15)24(27)28/h3-12H,1-2H3/b20-12+. The first-order chi connectivity index (χ1) is 14.3. The van der Waals surface area contributed by atoms with Gasteiger partial charge in [-0.25, -0.2) is 4.90 Å². The summed E-state index contributed by atoms with van der Waals surface area (Å²) < 4.78 is 5.75. The first kappa shape index (κ1) is 19.7. The second kappa shape index (κ2) is 7.64. The van der Waals surface area contributed by atoms with Gasteiger partial charge in [0.1, 0.15) is 11.5 Å². The highest BCUT2D eigenvalue weighted by atomic mass is 32.2. The van der Waals surface area contributed by atoms with Gasteiger partial charge in [-0.1, -0.05) is 17.7 Å². The maximum atomic E-state index is 12.8. The highest BCUT2D eigenvalue weighted by molar-refractivity contribution is 8.19. The van der Waals surface area contributed by atoms with E-state index in [2.05, 4.69) is 0 Å². The third kappa shape index (κ3) is 3.65. The number of imide groups is 1. The Kier molecular flexibility index (Phi) is 5.01. The molecule has 2 amide bonds. The topological polar surface area (TPSA) is 93.7 Å². The molecule has 0 aliphatic carbocycles. The van der Waals surface area contributed by atoms with E-state index in [1.54, 1.807) is 30.3 Å². The number of hydrogen-bond donors (Lipinski definition) is 0. The SMILES string of the molecule is Cc1ccc(N2C(=O)S/C(=C/c3ccc(-c4ccc([N+](=O)[O-])cc4)o3)C2=O)c(C)c1. The summed E-state index contributed by atoms with van der Waals surface area (Å²) in [5.41, 5.74) is 3.12. The van der Waals surface area contributed by atoms with Gasteiger partial charge in [-0.2, -0.15) is 0 Å². The minimum atomic E-state index is -0.469. The summed E-state index contributed by atoms with van der Waals surface area (Å²) in [4.78, 5) is 37.1. The Morgan fingerprint density at radius 3 is 2.43 bits per heavy atom. The number of nitro groups is 1. The number of nitrogens with zero attached hydrogens (tertiary/aromatic N) is 2. The van der Waals surface area contributed by atoms with Crippen molar-refractivity contribution in [3.8, 4) is 11.3 Å². The molecule has 30 heavy (non-hydrogen) atoms. The Hall–Kier alpha value is -3.65. The minimum Gasteiger partial charge on any atom is -0.457 e.